The lowest BCUT2D eigenvalue weighted by atomic mass is 10.2. The van der Waals surface area contributed by atoms with E-state index in [-0.39, 0.29) is 34.6 Å². The van der Waals surface area contributed by atoms with Gasteiger partial charge in [0.05, 0.1) is 28.3 Å². The van der Waals surface area contributed by atoms with E-state index in [9.17, 15) is 13.2 Å². The fraction of sp³-hybridized carbons (Fsp3) is 0.238. The second-order valence-electron chi connectivity index (χ2n) is 6.97. The number of hydrogen-bond acceptors (Lipinski definition) is 6. The molecular weight excluding hydrogens is 477 g/mol. The van der Waals surface area contributed by atoms with Crippen molar-refractivity contribution in [1.82, 2.24) is 14.1 Å². The van der Waals surface area contributed by atoms with Crippen molar-refractivity contribution in [3.8, 4) is 17.2 Å². The zero-order valence-electron chi connectivity index (χ0n) is 16.9. The summed E-state index contributed by atoms with van der Waals surface area (Å²) in [5.41, 5.74) is -0.240. The van der Waals surface area contributed by atoms with Crippen LogP contribution in [0.2, 0.25) is 10.0 Å². The Labute approximate surface area is 194 Å². The number of nitrogens with zero attached hydrogens (tertiary/aromatic N) is 3. The molecule has 2 aromatic carbocycles. The number of rotatable bonds is 6. The van der Waals surface area contributed by atoms with Crippen LogP contribution in [-0.4, -0.2) is 48.3 Å². The number of hydrogen-bond donors (Lipinski definition) is 0. The van der Waals surface area contributed by atoms with E-state index in [0.717, 1.165) is 4.68 Å². The van der Waals surface area contributed by atoms with Crippen LogP contribution in [0, 0.1) is 0 Å². The molecule has 1 atom stereocenters. The van der Waals surface area contributed by atoms with Gasteiger partial charge in [0.1, 0.15) is 17.7 Å². The van der Waals surface area contributed by atoms with Crippen molar-refractivity contribution in [2.75, 3.05) is 19.7 Å². The summed E-state index contributed by atoms with van der Waals surface area (Å²) in [4.78, 5) is 12.3. The summed E-state index contributed by atoms with van der Waals surface area (Å²) in [5, 5.41) is 3.83. The number of ether oxygens (including phenoxy) is 2. The Kier molecular flexibility index (Phi) is 6.43. The minimum Gasteiger partial charge on any atom is -0.486 e. The van der Waals surface area contributed by atoms with Crippen molar-refractivity contribution in [3.63, 3.8) is 0 Å². The quantitative estimate of drug-likeness (QED) is 0.520. The summed E-state index contributed by atoms with van der Waals surface area (Å²) in [7, 11) is -3.81. The molecule has 0 N–H and O–H groups in total. The van der Waals surface area contributed by atoms with Gasteiger partial charge in [-0.3, -0.25) is 4.79 Å². The van der Waals surface area contributed by atoms with E-state index in [0.29, 0.717) is 17.2 Å². The van der Waals surface area contributed by atoms with E-state index in [2.05, 4.69) is 5.10 Å². The highest BCUT2D eigenvalue weighted by molar-refractivity contribution is 7.89. The van der Waals surface area contributed by atoms with Crippen LogP contribution in [-0.2, 0) is 10.0 Å². The predicted molar refractivity (Wildman–Crippen MR) is 121 cm³/mol. The molecule has 1 aromatic heterocycles. The van der Waals surface area contributed by atoms with Crippen molar-refractivity contribution >= 4 is 33.2 Å². The van der Waals surface area contributed by atoms with Crippen LogP contribution in [0.15, 0.2) is 64.4 Å². The van der Waals surface area contributed by atoms with Crippen molar-refractivity contribution in [2.45, 2.75) is 17.9 Å². The summed E-state index contributed by atoms with van der Waals surface area (Å²) in [6.07, 6.45) is 0.803. The molecule has 168 valence electrons. The number of para-hydroxylation sites is 2. The standard InChI is InChI=1S/C21H19Cl2N3O5S/c1-2-25(12-15-13-30-18-5-3-4-6-19(18)31-15)32(28,29)16-9-7-14(8-10-16)26-21(27)20(23)17(22)11-24-26/h3-11,15H,2,12-13H2,1H3. The summed E-state index contributed by atoms with van der Waals surface area (Å²) in [5.74, 6) is 1.22. The van der Waals surface area contributed by atoms with Crippen molar-refractivity contribution in [1.29, 1.82) is 0 Å². The van der Waals surface area contributed by atoms with Gasteiger partial charge in [0.15, 0.2) is 11.5 Å². The highest BCUT2D eigenvalue weighted by atomic mass is 35.5. The molecule has 8 nitrogen and oxygen atoms in total. The molecule has 1 unspecified atom stereocenters. The number of fused-ring (bicyclic) bond motifs is 1. The van der Waals surface area contributed by atoms with E-state index < -0.39 is 21.7 Å². The first-order chi connectivity index (χ1) is 15.3. The molecule has 0 fully saturated rings. The van der Waals surface area contributed by atoms with Crippen molar-refractivity contribution in [3.05, 3.63) is 75.1 Å². The van der Waals surface area contributed by atoms with Crippen LogP contribution in [0.1, 0.15) is 6.92 Å². The Morgan fingerprint density at radius 3 is 2.50 bits per heavy atom. The Bertz CT molecular complexity index is 1300. The fourth-order valence-electron chi connectivity index (χ4n) is 3.28. The molecule has 4 rings (SSSR count). The lowest BCUT2D eigenvalue weighted by Gasteiger charge is -2.30. The fourth-order valence-corrected chi connectivity index (χ4v) is 5.02. The van der Waals surface area contributed by atoms with Crippen LogP contribution >= 0.6 is 23.2 Å². The average Bonchev–Trinajstić information content (AvgIpc) is 2.81. The third-order valence-corrected chi connectivity index (χ3v) is 7.63. The molecule has 0 aliphatic carbocycles. The van der Waals surface area contributed by atoms with Gasteiger partial charge >= 0.3 is 0 Å². The lowest BCUT2D eigenvalue weighted by molar-refractivity contribution is 0.0771. The number of halogens is 2. The topological polar surface area (TPSA) is 90.7 Å². The Morgan fingerprint density at radius 2 is 1.81 bits per heavy atom. The van der Waals surface area contributed by atoms with Crippen molar-refractivity contribution < 1.29 is 17.9 Å². The monoisotopic (exact) mass is 495 g/mol. The highest BCUT2D eigenvalue weighted by Gasteiger charge is 2.29. The maximum atomic E-state index is 13.2. The largest absolute Gasteiger partial charge is 0.486 e. The molecule has 1 aliphatic rings. The molecule has 0 spiro atoms. The summed E-state index contributed by atoms with van der Waals surface area (Å²) < 4.78 is 40.4. The second-order valence-corrected chi connectivity index (χ2v) is 9.69. The smallest absolute Gasteiger partial charge is 0.291 e. The van der Waals surface area contributed by atoms with E-state index in [1.54, 1.807) is 19.1 Å². The molecule has 3 aromatic rings. The molecule has 2 heterocycles. The van der Waals surface area contributed by atoms with Crippen LogP contribution in [0.4, 0.5) is 0 Å². The first-order valence-corrected chi connectivity index (χ1v) is 11.9. The van der Waals surface area contributed by atoms with E-state index in [4.69, 9.17) is 32.7 Å². The van der Waals surface area contributed by atoms with Crippen LogP contribution in [0.3, 0.4) is 0 Å². The Hall–Kier alpha value is -2.59. The zero-order chi connectivity index (χ0) is 22.9. The molecular formula is C21H19Cl2N3O5S. The van der Waals surface area contributed by atoms with Gasteiger partial charge in [-0.05, 0) is 36.4 Å². The maximum absolute atomic E-state index is 13.2. The molecule has 0 radical (unpaired) electrons. The molecule has 0 saturated carbocycles. The first-order valence-electron chi connectivity index (χ1n) is 9.73. The van der Waals surface area contributed by atoms with Gasteiger partial charge in [-0.1, -0.05) is 42.3 Å². The number of sulfonamides is 1. The highest BCUT2D eigenvalue weighted by Crippen LogP contribution is 2.31. The molecule has 0 bridgehead atoms. The van der Waals surface area contributed by atoms with E-state index >= 15 is 0 Å². The third kappa shape index (κ3) is 4.33. The van der Waals surface area contributed by atoms with Crippen molar-refractivity contribution in [2.24, 2.45) is 0 Å². The number of aromatic nitrogens is 2. The first kappa shape index (κ1) is 22.6. The molecule has 0 amide bonds. The molecule has 0 saturated heterocycles. The van der Waals surface area contributed by atoms with E-state index in [1.165, 1.54) is 34.8 Å². The summed E-state index contributed by atoms with van der Waals surface area (Å²) in [6, 6.07) is 13.0. The summed E-state index contributed by atoms with van der Waals surface area (Å²) >= 11 is 11.7. The minimum atomic E-state index is -3.81. The zero-order valence-corrected chi connectivity index (χ0v) is 19.3. The lowest BCUT2D eigenvalue weighted by Crippen LogP contribution is -2.43. The molecule has 11 heteroatoms. The molecule has 1 aliphatic heterocycles. The molecule has 32 heavy (non-hydrogen) atoms. The van der Waals surface area contributed by atoms with Gasteiger partial charge in [-0.25, -0.2) is 8.42 Å². The van der Waals surface area contributed by atoms with Crippen LogP contribution in [0.25, 0.3) is 5.69 Å². The second kappa shape index (κ2) is 9.11. The van der Waals surface area contributed by atoms with Gasteiger partial charge in [0.25, 0.3) is 5.56 Å². The van der Waals surface area contributed by atoms with Crippen LogP contribution in [0.5, 0.6) is 11.5 Å². The predicted octanol–water partition coefficient (Wildman–Crippen LogP) is 3.39. The summed E-state index contributed by atoms with van der Waals surface area (Å²) in [6.45, 7) is 2.37. The van der Waals surface area contributed by atoms with Gasteiger partial charge in [-0.2, -0.15) is 14.1 Å². The van der Waals surface area contributed by atoms with Gasteiger partial charge < -0.3 is 9.47 Å². The SMILES string of the molecule is CCN(CC1COc2ccccc2O1)S(=O)(=O)c1ccc(-n2ncc(Cl)c(Cl)c2=O)cc1. The van der Waals surface area contributed by atoms with E-state index in [1.807, 2.05) is 12.1 Å². The number of benzene rings is 2. The minimum absolute atomic E-state index is 0.0437. The van der Waals surface area contributed by atoms with Crippen LogP contribution < -0.4 is 15.0 Å². The average molecular weight is 496 g/mol. The maximum Gasteiger partial charge on any atom is 0.291 e. The van der Waals surface area contributed by atoms with Gasteiger partial charge in [0, 0.05) is 6.54 Å². The van der Waals surface area contributed by atoms with Gasteiger partial charge in [0.2, 0.25) is 10.0 Å². The Morgan fingerprint density at radius 1 is 1.12 bits per heavy atom. The third-order valence-electron chi connectivity index (χ3n) is 4.92. The number of likely N-dealkylation sites (N-methyl/N-ethyl adjacent to an activating group) is 1. The van der Waals surface area contributed by atoms with Gasteiger partial charge in [-0.15, -0.1) is 0 Å². The Balaban J connectivity index is 1.54. The normalized spacial score (nSPS) is 15.7.